The fraction of sp³-hybridized carbons (Fsp3) is 0.577. The second-order valence-corrected chi connectivity index (χ2v) is 10.9. The van der Waals surface area contributed by atoms with Crippen molar-refractivity contribution in [3.05, 3.63) is 24.5 Å². The number of hydrogen-bond donors (Lipinski definition) is 2. The minimum absolute atomic E-state index is 0.203. The van der Waals surface area contributed by atoms with Gasteiger partial charge >= 0.3 is 6.03 Å². The Kier molecular flexibility index (Phi) is 5.60. The van der Waals surface area contributed by atoms with Crippen molar-refractivity contribution in [2.75, 3.05) is 55.6 Å². The number of hydrogen-bond acceptors (Lipinski definition) is 8. The second kappa shape index (κ2) is 9.13. The van der Waals surface area contributed by atoms with Gasteiger partial charge in [-0.3, -0.25) is 5.10 Å². The van der Waals surface area contributed by atoms with Gasteiger partial charge in [-0.1, -0.05) is 0 Å². The first-order chi connectivity index (χ1) is 18.1. The number of piperazine rings is 2. The monoisotopic (exact) mass is 502 g/mol. The lowest BCUT2D eigenvalue weighted by Crippen LogP contribution is -2.58. The predicted molar refractivity (Wildman–Crippen MR) is 142 cm³/mol. The smallest absolute Gasteiger partial charge is 0.320 e. The summed E-state index contributed by atoms with van der Waals surface area (Å²) < 4.78 is 0. The van der Waals surface area contributed by atoms with Gasteiger partial charge in [-0.05, 0) is 44.7 Å². The number of H-pyrrole nitrogens is 1. The van der Waals surface area contributed by atoms with Gasteiger partial charge in [0.05, 0.1) is 18.3 Å². The van der Waals surface area contributed by atoms with Gasteiger partial charge < -0.3 is 24.9 Å². The number of aromatic amines is 1. The predicted octanol–water partition coefficient (Wildman–Crippen LogP) is 2.08. The highest BCUT2D eigenvalue weighted by Gasteiger charge is 2.43. The molecule has 4 saturated heterocycles. The lowest BCUT2D eigenvalue weighted by molar-refractivity contribution is 0.150. The summed E-state index contributed by atoms with van der Waals surface area (Å²) in [5.74, 6) is 1.72. The van der Waals surface area contributed by atoms with Crippen LogP contribution in [-0.2, 0) is 0 Å². The maximum absolute atomic E-state index is 13.0. The minimum Gasteiger partial charge on any atom is -0.354 e. The molecule has 194 valence electrons. The van der Waals surface area contributed by atoms with Gasteiger partial charge in [0, 0.05) is 63.6 Å². The molecule has 2 N–H and O–H groups in total. The summed E-state index contributed by atoms with van der Waals surface area (Å²) in [5, 5.41) is 11.1. The van der Waals surface area contributed by atoms with Crippen molar-refractivity contribution < 1.29 is 4.79 Å². The van der Waals surface area contributed by atoms with Crippen LogP contribution in [0.2, 0.25) is 0 Å². The standard InChI is InChI=1S/C26H34N10O/c1-17-14-34(11-8-27-17)22-7-4-18(12-28-22)23-24-21(31-32-23)13-29-25(30-24)36-19-5-6-20(36)16-35(15-19)26(37)33-9-2-3-10-33/h4,7,12-13,17,19-20,27H,2-3,5-6,8-11,14-16H2,1H3,(H,31,32)/t17-,19?,20?/m1/s1. The van der Waals surface area contributed by atoms with Gasteiger partial charge in [-0.25, -0.2) is 19.7 Å². The molecule has 0 aromatic carbocycles. The summed E-state index contributed by atoms with van der Waals surface area (Å²) in [6, 6.07) is 5.32. The number of anilines is 2. The van der Waals surface area contributed by atoms with E-state index in [4.69, 9.17) is 15.0 Å². The van der Waals surface area contributed by atoms with Gasteiger partial charge in [0.2, 0.25) is 5.95 Å². The van der Waals surface area contributed by atoms with Crippen LogP contribution in [0.1, 0.15) is 32.6 Å². The van der Waals surface area contributed by atoms with Crippen molar-refractivity contribution in [2.24, 2.45) is 0 Å². The Labute approximate surface area is 216 Å². The molecule has 4 aliphatic heterocycles. The van der Waals surface area contributed by atoms with E-state index in [9.17, 15) is 4.79 Å². The van der Waals surface area contributed by atoms with Crippen LogP contribution in [-0.4, -0.2) is 105 Å². The van der Waals surface area contributed by atoms with Crippen LogP contribution in [0, 0.1) is 0 Å². The molecule has 11 nitrogen and oxygen atoms in total. The van der Waals surface area contributed by atoms with Crippen LogP contribution < -0.4 is 15.1 Å². The summed E-state index contributed by atoms with van der Waals surface area (Å²) >= 11 is 0. The largest absolute Gasteiger partial charge is 0.354 e. The number of carbonyl (C=O) groups excluding carboxylic acids is 1. The van der Waals surface area contributed by atoms with Crippen molar-refractivity contribution in [1.29, 1.82) is 0 Å². The first-order valence-corrected chi connectivity index (χ1v) is 13.6. The minimum atomic E-state index is 0.203. The number of pyridine rings is 1. The molecule has 4 aliphatic rings. The first-order valence-electron chi connectivity index (χ1n) is 13.6. The van der Waals surface area contributed by atoms with Crippen LogP contribution in [0.25, 0.3) is 22.3 Å². The molecule has 3 aromatic heterocycles. The Hall–Kier alpha value is -3.47. The molecule has 4 fully saturated rings. The molecule has 0 spiro atoms. The third-order valence-corrected chi connectivity index (χ3v) is 8.36. The maximum Gasteiger partial charge on any atom is 0.320 e. The molecule has 3 atom stereocenters. The van der Waals surface area contributed by atoms with E-state index in [2.05, 4.69) is 49.3 Å². The Morgan fingerprint density at radius 2 is 1.78 bits per heavy atom. The molecule has 2 amide bonds. The number of fused-ring (bicyclic) bond motifs is 3. The average Bonchev–Trinajstić information content (AvgIpc) is 3.66. The topological polar surface area (TPSA) is 109 Å². The normalized spacial score (nSPS) is 25.9. The SMILES string of the molecule is C[C@@H]1CN(c2ccc(-c3n[nH]c4cnc(N5C6CCC5CN(C(=O)N5CCCC5)C6)nc34)cn2)CCN1. The summed E-state index contributed by atoms with van der Waals surface area (Å²) in [6.45, 7) is 8.33. The number of likely N-dealkylation sites (tertiary alicyclic amines) is 2. The number of amides is 2. The van der Waals surface area contributed by atoms with E-state index < -0.39 is 0 Å². The number of aromatic nitrogens is 5. The molecule has 2 unspecified atom stereocenters. The van der Waals surface area contributed by atoms with Gasteiger partial charge in [-0.15, -0.1) is 0 Å². The Bertz CT molecular complexity index is 1270. The van der Waals surface area contributed by atoms with Crippen LogP contribution in [0.5, 0.6) is 0 Å². The molecule has 37 heavy (non-hydrogen) atoms. The van der Waals surface area contributed by atoms with E-state index >= 15 is 0 Å². The maximum atomic E-state index is 13.0. The Morgan fingerprint density at radius 3 is 2.51 bits per heavy atom. The number of nitrogens with one attached hydrogen (secondary N) is 2. The summed E-state index contributed by atoms with van der Waals surface area (Å²) in [5.41, 5.74) is 3.35. The number of rotatable bonds is 3. The molecule has 0 radical (unpaired) electrons. The zero-order chi connectivity index (χ0) is 24.9. The number of urea groups is 1. The van der Waals surface area contributed by atoms with E-state index in [1.54, 1.807) is 0 Å². The van der Waals surface area contributed by atoms with Gasteiger partial charge in [0.1, 0.15) is 22.5 Å². The lowest BCUT2D eigenvalue weighted by Gasteiger charge is -2.42. The zero-order valence-electron chi connectivity index (χ0n) is 21.3. The molecular formula is C26H34N10O. The van der Waals surface area contributed by atoms with Crippen LogP contribution >= 0.6 is 0 Å². The van der Waals surface area contributed by atoms with Crippen molar-refractivity contribution in [3.63, 3.8) is 0 Å². The number of carbonyl (C=O) groups is 1. The van der Waals surface area contributed by atoms with Gasteiger partial charge in [0.15, 0.2) is 0 Å². The van der Waals surface area contributed by atoms with Crippen LogP contribution in [0.3, 0.4) is 0 Å². The highest BCUT2D eigenvalue weighted by atomic mass is 16.2. The second-order valence-electron chi connectivity index (χ2n) is 10.9. The van der Waals surface area contributed by atoms with Crippen LogP contribution in [0.4, 0.5) is 16.6 Å². The zero-order valence-corrected chi connectivity index (χ0v) is 21.3. The summed E-state index contributed by atoms with van der Waals surface area (Å²) in [6.07, 6.45) is 8.08. The van der Waals surface area contributed by atoms with Crippen molar-refractivity contribution in [3.8, 4) is 11.3 Å². The summed E-state index contributed by atoms with van der Waals surface area (Å²) in [7, 11) is 0. The highest BCUT2D eigenvalue weighted by molar-refractivity contribution is 5.89. The molecule has 11 heteroatoms. The quantitative estimate of drug-likeness (QED) is 0.560. The van der Waals surface area contributed by atoms with Gasteiger partial charge in [0.25, 0.3) is 0 Å². The van der Waals surface area contributed by atoms with Crippen LogP contribution in [0.15, 0.2) is 24.5 Å². The summed E-state index contributed by atoms with van der Waals surface area (Å²) in [4.78, 5) is 36.2. The van der Waals surface area contributed by atoms with E-state index in [1.165, 1.54) is 0 Å². The van der Waals surface area contributed by atoms with Crippen molar-refractivity contribution in [2.45, 2.75) is 50.7 Å². The third kappa shape index (κ3) is 4.05. The van der Waals surface area contributed by atoms with Crippen molar-refractivity contribution in [1.82, 2.24) is 40.3 Å². The van der Waals surface area contributed by atoms with E-state index in [0.29, 0.717) is 6.04 Å². The Balaban J connectivity index is 1.12. The average molecular weight is 503 g/mol. The molecule has 0 saturated carbocycles. The fourth-order valence-corrected chi connectivity index (χ4v) is 6.48. The molecule has 2 bridgehead atoms. The third-order valence-electron chi connectivity index (χ3n) is 8.36. The van der Waals surface area contributed by atoms with Gasteiger partial charge in [-0.2, -0.15) is 5.10 Å². The Morgan fingerprint density at radius 1 is 0.973 bits per heavy atom. The van der Waals surface area contributed by atoms with Crippen molar-refractivity contribution >= 4 is 28.8 Å². The molecular weight excluding hydrogens is 468 g/mol. The molecule has 0 aliphatic carbocycles. The fourth-order valence-electron chi connectivity index (χ4n) is 6.48. The molecule has 7 heterocycles. The highest BCUT2D eigenvalue weighted by Crippen LogP contribution is 2.35. The van der Waals surface area contributed by atoms with E-state index in [-0.39, 0.29) is 18.1 Å². The van der Waals surface area contributed by atoms with E-state index in [0.717, 1.165) is 106 Å². The van der Waals surface area contributed by atoms with E-state index in [1.807, 2.05) is 17.3 Å². The molecule has 3 aromatic rings. The molecule has 7 rings (SSSR count). The first kappa shape index (κ1) is 22.7. The lowest BCUT2D eigenvalue weighted by atomic mass is 10.1. The number of nitrogens with zero attached hydrogens (tertiary/aromatic N) is 8.